The van der Waals surface area contributed by atoms with Gasteiger partial charge >= 0.3 is 6.18 Å². The summed E-state index contributed by atoms with van der Waals surface area (Å²) in [6.45, 7) is 3.21. The fourth-order valence-electron chi connectivity index (χ4n) is 2.02. The minimum Gasteiger partial charge on any atom is -0.276 e. The van der Waals surface area contributed by atoms with E-state index in [0.717, 1.165) is 12.5 Å². The normalized spacial score (nSPS) is 12.5. The molecule has 0 aliphatic rings. The van der Waals surface area contributed by atoms with Gasteiger partial charge in [0.2, 0.25) is 0 Å². The van der Waals surface area contributed by atoms with Crippen LogP contribution in [-0.4, -0.2) is 19.4 Å². The number of alkyl halides is 3. The topological polar surface area (TPSA) is 51.2 Å². The molecule has 0 heterocycles. The van der Waals surface area contributed by atoms with Crippen molar-refractivity contribution in [2.75, 3.05) is 5.75 Å². The second-order valence-electron chi connectivity index (χ2n) is 4.96. The van der Waals surface area contributed by atoms with Crippen molar-refractivity contribution in [1.29, 1.82) is 0 Å². The monoisotopic (exact) mass is 356 g/mol. The van der Waals surface area contributed by atoms with Crippen molar-refractivity contribution in [2.45, 2.75) is 44.2 Å². The van der Waals surface area contributed by atoms with Crippen LogP contribution in [0.15, 0.2) is 17.0 Å². The first-order valence-electron chi connectivity index (χ1n) is 6.65. The Bertz CT molecular complexity index is 667. The number of halogens is 4. The number of benzene rings is 1. The van der Waals surface area contributed by atoms with Gasteiger partial charge in [-0.15, -0.1) is 0 Å². The lowest BCUT2D eigenvalue weighted by Crippen LogP contribution is -2.17. The second-order valence-corrected chi connectivity index (χ2v) is 7.38. The van der Waals surface area contributed by atoms with Crippen molar-refractivity contribution in [2.24, 2.45) is 0 Å². The first kappa shape index (κ1) is 19.0. The zero-order valence-corrected chi connectivity index (χ0v) is 13.7. The molecule has 22 heavy (non-hydrogen) atoms. The number of rotatable bonds is 6. The average molecular weight is 357 g/mol. The maximum atomic E-state index is 13.1. The van der Waals surface area contributed by atoms with E-state index in [0.29, 0.717) is 12.5 Å². The highest BCUT2D eigenvalue weighted by Crippen LogP contribution is 2.36. The molecule has 0 saturated heterocycles. The van der Waals surface area contributed by atoms with E-state index in [2.05, 4.69) is 0 Å². The van der Waals surface area contributed by atoms with Crippen LogP contribution in [0.1, 0.15) is 47.7 Å². The highest BCUT2D eigenvalue weighted by Gasteiger charge is 2.38. The summed E-state index contributed by atoms with van der Waals surface area (Å²) in [5, 5.41) is -1.06. The number of aryl methyl sites for hydroxylation is 1. The van der Waals surface area contributed by atoms with Crippen LogP contribution in [0, 0.1) is 6.92 Å². The van der Waals surface area contributed by atoms with Crippen molar-refractivity contribution >= 4 is 26.7 Å². The lowest BCUT2D eigenvalue weighted by molar-refractivity contribution is -0.139. The number of sulfone groups is 1. The van der Waals surface area contributed by atoms with Gasteiger partial charge in [-0.2, -0.15) is 13.2 Å². The van der Waals surface area contributed by atoms with Gasteiger partial charge in [-0.05, 0) is 42.6 Å². The number of hydrogen-bond acceptors (Lipinski definition) is 3. The van der Waals surface area contributed by atoms with E-state index in [1.165, 1.54) is 6.92 Å². The van der Waals surface area contributed by atoms with Crippen molar-refractivity contribution in [3.8, 4) is 0 Å². The molecule has 0 amide bonds. The third kappa shape index (κ3) is 4.46. The van der Waals surface area contributed by atoms with E-state index >= 15 is 0 Å². The Hall–Kier alpha value is -1.08. The summed E-state index contributed by atoms with van der Waals surface area (Å²) < 4.78 is 63.7. The number of unbranched alkanes of at least 4 members (excludes halogenated alkanes) is 2. The SMILES string of the molecule is CCCCCS(=O)(=O)c1cc(C)c(C(=O)Cl)cc1C(F)(F)F. The van der Waals surface area contributed by atoms with Gasteiger partial charge < -0.3 is 0 Å². The highest BCUT2D eigenvalue weighted by atomic mass is 35.5. The summed E-state index contributed by atoms with van der Waals surface area (Å²) in [5.41, 5.74) is -1.60. The number of carbonyl (C=O) groups excluding carboxylic acids is 1. The van der Waals surface area contributed by atoms with Crippen LogP contribution in [0.5, 0.6) is 0 Å². The van der Waals surface area contributed by atoms with Crippen molar-refractivity contribution in [3.63, 3.8) is 0 Å². The number of carbonyl (C=O) groups is 1. The third-order valence-electron chi connectivity index (χ3n) is 3.20. The van der Waals surface area contributed by atoms with E-state index in [-0.39, 0.29) is 23.3 Å². The number of hydrogen-bond donors (Lipinski definition) is 0. The Morgan fingerprint density at radius 2 is 1.82 bits per heavy atom. The molecule has 0 fully saturated rings. The highest BCUT2D eigenvalue weighted by molar-refractivity contribution is 7.91. The van der Waals surface area contributed by atoms with Crippen LogP contribution in [0.3, 0.4) is 0 Å². The molecule has 1 aromatic carbocycles. The molecule has 1 rings (SSSR count). The van der Waals surface area contributed by atoms with E-state index in [1.54, 1.807) is 0 Å². The Morgan fingerprint density at radius 3 is 2.27 bits per heavy atom. The summed E-state index contributed by atoms with van der Waals surface area (Å²) in [6, 6.07) is 1.39. The third-order valence-corrected chi connectivity index (χ3v) is 5.23. The van der Waals surface area contributed by atoms with E-state index in [1.807, 2.05) is 6.92 Å². The molecule has 0 spiro atoms. The standard InChI is InChI=1S/C14H16ClF3O3S/c1-3-4-5-6-22(20,21)12-7-9(2)10(13(15)19)8-11(12)14(16,17)18/h7-8H,3-6H2,1-2H3. The summed E-state index contributed by atoms with van der Waals surface area (Å²) >= 11 is 5.24. The maximum absolute atomic E-state index is 13.1. The van der Waals surface area contributed by atoms with Crippen molar-refractivity contribution in [1.82, 2.24) is 0 Å². The predicted octanol–water partition coefficient (Wildman–Crippen LogP) is 4.36. The predicted molar refractivity (Wildman–Crippen MR) is 77.9 cm³/mol. The minimum atomic E-state index is -4.89. The quantitative estimate of drug-likeness (QED) is 0.562. The van der Waals surface area contributed by atoms with Gasteiger partial charge in [-0.25, -0.2) is 8.42 Å². The van der Waals surface area contributed by atoms with E-state index in [9.17, 15) is 26.4 Å². The van der Waals surface area contributed by atoms with E-state index < -0.39 is 31.7 Å². The molecule has 0 atom stereocenters. The Kier molecular flexibility index (Phi) is 6.03. The first-order chi connectivity index (χ1) is 10.0. The molecular weight excluding hydrogens is 341 g/mol. The van der Waals surface area contributed by atoms with Crippen LogP contribution in [0.2, 0.25) is 0 Å². The van der Waals surface area contributed by atoms with Gasteiger partial charge in [0.1, 0.15) is 0 Å². The van der Waals surface area contributed by atoms with Gasteiger partial charge in [0.25, 0.3) is 5.24 Å². The first-order valence-corrected chi connectivity index (χ1v) is 8.68. The van der Waals surface area contributed by atoms with Gasteiger partial charge in [0.15, 0.2) is 9.84 Å². The molecule has 0 N–H and O–H groups in total. The van der Waals surface area contributed by atoms with Crippen molar-refractivity contribution < 1.29 is 26.4 Å². The summed E-state index contributed by atoms with van der Waals surface area (Å²) in [5.74, 6) is -0.364. The van der Waals surface area contributed by atoms with Gasteiger partial charge in [0.05, 0.1) is 16.2 Å². The zero-order valence-electron chi connectivity index (χ0n) is 12.1. The molecule has 0 aromatic heterocycles. The fourth-order valence-corrected chi connectivity index (χ4v) is 3.90. The van der Waals surface area contributed by atoms with Gasteiger partial charge in [-0.1, -0.05) is 19.8 Å². The molecule has 3 nitrogen and oxygen atoms in total. The summed E-state index contributed by atoms with van der Waals surface area (Å²) in [4.78, 5) is 10.4. The molecule has 0 aliphatic carbocycles. The Labute approximate surface area is 132 Å². The van der Waals surface area contributed by atoms with E-state index in [4.69, 9.17) is 11.6 Å². The van der Waals surface area contributed by atoms with Crippen LogP contribution in [0.4, 0.5) is 13.2 Å². The fraction of sp³-hybridized carbons (Fsp3) is 0.500. The molecule has 0 unspecified atom stereocenters. The lowest BCUT2D eigenvalue weighted by Gasteiger charge is -2.16. The second kappa shape index (κ2) is 7.00. The summed E-state index contributed by atoms with van der Waals surface area (Å²) in [6.07, 6.45) is -3.24. The zero-order chi connectivity index (χ0) is 17.1. The molecule has 0 radical (unpaired) electrons. The molecule has 0 bridgehead atoms. The van der Waals surface area contributed by atoms with Gasteiger partial charge in [-0.3, -0.25) is 4.79 Å². The Balaban J connectivity index is 3.46. The summed E-state index contributed by atoms with van der Waals surface area (Å²) in [7, 11) is -4.09. The van der Waals surface area contributed by atoms with Gasteiger partial charge in [0, 0.05) is 5.56 Å². The van der Waals surface area contributed by atoms with Crippen LogP contribution < -0.4 is 0 Å². The van der Waals surface area contributed by atoms with Crippen LogP contribution in [0.25, 0.3) is 0 Å². The van der Waals surface area contributed by atoms with Crippen molar-refractivity contribution in [3.05, 3.63) is 28.8 Å². The van der Waals surface area contributed by atoms with Crippen LogP contribution >= 0.6 is 11.6 Å². The molecule has 1 aromatic rings. The molecule has 124 valence electrons. The smallest absolute Gasteiger partial charge is 0.276 e. The maximum Gasteiger partial charge on any atom is 0.417 e. The lowest BCUT2D eigenvalue weighted by atomic mass is 10.1. The van der Waals surface area contributed by atoms with Crippen LogP contribution in [-0.2, 0) is 16.0 Å². The molecular formula is C14H16ClF3O3S. The molecule has 8 heteroatoms. The minimum absolute atomic E-state index is 0.0991. The molecule has 0 saturated carbocycles. The average Bonchev–Trinajstić information content (AvgIpc) is 2.36. The molecule has 0 aliphatic heterocycles. The largest absolute Gasteiger partial charge is 0.417 e. The Morgan fingerprint density at radius 1 is 1.23 bits per heavy atom.